The minimum Gasteiger partial charge on any atom is -0.473 e. The van der Waals surface area contributed by atoms with E-state index < -0.39 is 11.6 Å². The average molecular weight is 307 g/mol. The maximum Gasteiger partial charge on any atom is 0.352 e. The Hall–Kier alpha value is -2.44. The number of fused-ring (bicyclic) bond motifs is 1. The molecule has 0 saturated heterocycles. The lowest BCUT2D eigenvalue weighted by Crippen LogP contribution is -2.36. The number of anilines is 1. The Kier molecular flexibility index (Phi) is 3.79. The molecule has 0 radical (unpaired) electrons. The Morgan fingerprint density at radius 2 is 1.91 bits per heavy atom. The Balaban J connectivity index is 1.82. The third-order valence-corrected chi connectivity index (χ3v) is 3.54. The molecule has 7 heteroatoms. The summed E-state index contributed by atoms with van der Waals surface area (Å²) in [6.45, 7) is 1.41. The van der Waals surface area contributed by atoms with Gasteiger partial charge in [0.1, 0.15) is 24.1 Å². The van der Waals surface area contributed by atoms with Gasteiger partial charge >= 0.3 is 5.69 Å². The van der Waals surface area contributed by atoms with Crippen LogP contribution in [0.5, 0.6) is 5.88 Å². The van der Waals surface area contributed by atoms with Crippen molar-refractivity contribution in [3.63, 3.8) is 0 Å². The quantitative estimate of drug-likeness (QED) is 0.869. The molecule has 22 heavy (non-hydrogen) atoms. The van der Waals surface area contributed by atoms with Gasteiger partial charge in [-0.2, -0.15) is 4.98 Å². The molecule has 0 N–H and O–H groups in total. The summed E-state index contributed by atoms with van der Waals surface area (Å²) in [5.41, 5.74) is -0.0463. The summed E-state index contributed by atoms with van der Waals surface area (Å²) in [7, 11) is 1.89. The van der Waals surface area contributed by atoms with Gasteiger partial charge in [-0.15, -0.1) is 0 Å². The fraction of sp³-hybridized carbons (Fsp3) is 0.333. The average Bonchev–Trinajstić information content (AvgIpc) is 2.45. The summed E-state index contributed by atoms with van der Waals surface area (Å²) < 4.78 is 33.2. The molecule has 1 aromatic heterocycles. The molecular weight excluding hydrogens is 292 g/mol. The molecule has 0 atom stereocenters. The first-order chi connectivity index (χ1) is 10.5. The van der Waals surface area contributed by atoms with Crippen LogP contribution in [0.1, 0.15) is 12.0 Å². The summed E-state index contributed by atoms with van der Waals surface area (Å²) in [4.78, 5) is 17.8. The van der Waals surface area contributed by atoms with Gasteiger partial charge in [-0.3, -0.25) is 4.57 Å². The summed E-state index contributed by atoms with van der Waals surface area (Å²) in [6.07, 6.45) is 0.883. The van der Waals surface area contributed by atoms with Crippen molar-refractivity contribution in [2.75, 3.05) is 18.5 Å². The van der Waals surface area contributed by atoms with Crippen molar-refractivity contribution >= 4 is 5.82 Å². The second kappa shape index (κ2) is 5.75. The van der Waals surface area contributed by atoms with Crippen molar-refractivity contribution in [2.24, 2.45) is 0 Å². The summed E-state index contributed by atoms with van der Waals surface area (Å²) in [5, 5.41) is 0. The molecule has 0 amide bonds. The molecule has 1 aliphatic heterocycles. The first-order valence-electron chi connectivity index (χ1n) is 6.94. The second-order valence-corrected chi connectivity index (χ2v) is 5.23. The van der Waals surface area contributed by atoms with E-state index in [-0.39, 0.29) is 18.2 Å². The predicted molar refractivity (Wildman–Crippen MR) is 77.1 cm³/mol. The zero-order chi connectivity index (χ0) is 15.7. The molecule has 0 fully saturated rings. The molecular formula is C15H15F2N3O2. The standard InChI is InChI=1S/C15H15F2N3O2/c1-19-3-2-4-20-14(19)8-13(18-15(20)21)22-9-10-5-11(16)7-12(17)6-10/h5-8H,2-4,9H2,1H3. The van der Waals surface area contributed by atoms with Crippen molar-refractivity contribution in [1.82, 2.24) is 9.55 Å². The normalized spacial score (nSPS) is 13.9. The van der Waals surface area contributed by atoms with Crippen LogP contribution in [0.25, 0.3) is 0 Å². The van der Waals surface area contributed by atoms with Crippen LogP contribution >= 0.6 is 0 Å². The van der Waals surface area contributed by atoms with Gasteiger partial charge in [-0.25, -0.2) is 13.6 Å². The van der Waals surface area contributed by atoms with Crippen LogP contribution in [-0.4, -0.2) is 23.1 Å². The monoisotopic (exact) mass is 307 g/mol. The number of halogens is 2. The van der Waals surface area contributed by atoms with E-state index in [1.165, 1.54) is 12.1 Å². The first kappa shape index (κ1) is 14.5. The molecule has 1 aromatic carbocycles. The number of rotatable bonds is 3. The lowest BCUT2D eigenvalue weighted by atomic mass is 10.2. The van der Waals surface area contributed by atoms with Crippen LogP contribution in [0.4, 0.5) is 14.6 Å². The van der Waals surface area contributed by atoms with Gasteiger partial charge in [-0.1, -0.05) is 0 Å². The van der Waals surface area contributed by atoms with E-state index in [4.69, 9.17) is 4.74 Å². The Labute approximate surface area is 125 Å². The van der Waals surface area contributed by atoms with E-state index in [0.29, 0.717) is 12.1 Å². The van der Waals surface area contributed by atoms with Crippen LogP contribution in [0.15, 0.2) is 29.1 Å². The van der Waals surface area contributed by atoms with Gasteiger partial charge in [0.05, 0.1) is 0 Å². The summed E-state index contributed by atoms with van der Waals surface area (Å²) in [6, 6.07) is 4.82. The van der Waals surface area contributed by atoms with E-state index in [1.807, 2.05) is 11.9 Å². The highest BCUT2D eigenvalue weighted by Crippen LogP contribution is 2.21. The van der Waals surface area contributed by atoms with E-state index in [0.717, 1.165) is 24.8 Å². The van der Waals surface area contributed by atoms with Crippen LogP contribution in [0.3, 0.4) is 0 Å². The minimum absolute atomic E-state index is 0.0612. The molecule has 116 valence electrons. The van der Waals surface area contributed by atoms with E-state index in [9.17, 15) is 13.6 Å². The molecule has 2 heterocycles. The van der Waals surface area contributed by atoms with Gasteiger partial charge in [0.2, 0.25) is 5.88 Å². The first-order valence-corrected chi connectivity index (χ1v) is 6.94. The summed E-state index contributed by atoms with van der Waals surface area (Å²) in [5.74, 6) is -0.463. The lowest BCUT2D eigenvalue weighted by molar-refractivity contribution is 0.289. The third kappa shape index (κ3) is 2.93. The molecule has 3 rings (SSSR count). The predicted octanol–water partition coefficient (Wildman–Crippen LogP) is 1.94. The van der Waals surface area contributed by atoms with Crippen molar-refractivity contribution in [1.29, 1.82) is 0 Å². The third-order valence-electron chi connectivity index (χ3n) is 3.54. The number of ether oxygens (including phenoxy) is 1. The van der Waals surface area contributed by atoms with Crippen LogP contribution in [0, 0.1) is 11.6 Å². The summed E-state index contributed by atoms with van der Waals surface area (Å²) >= 11 is 0. The van der Waals surface area contributed by atoms with Crippen molar-refractivity contribution < 1.29 is 13.5 Å². The SMILES string of the molecule is CN1CCCn2c1cc(OCc1cc(F)cc(F)c1)nc2=O. The highest BCUT2D eigenvalue weighted by molar-refractivity contribution is 5.42. The van der Waals surface area contributed by atoms with Crippen molar-refractivity contribution in [2.45, 2.75) is 19.6 Å². The zero-order valence-electron chi connectivity index (χ0n) is 12.1. The maximum absolute atomic E-state index is 13.1. The number of hydrogen-bond donors (Lipinski definition) is 0. The smallest absolute Gasteiger partial charge is 0.352 e. The topological polar surface area (TPSA) is 47.4 Å². The van der Waals surface area contributed by atoms with E-state index in [2.05, 4.69) is 4.98 Å². The van der Waals surface area contributed by atoms with E-state index >= 15 is 0 Å². The fourth-order valence-electron chi connectivity index (χ4n) is 2.51. The van der Waals surface area contributed by atoms with Gasteiger partial charge in [-0.05, 0) is 24.1 Å². The highest BCUT2D eigenvalue weighted by atomic mass is 19.1. The number of aromatic nitrogens is 2. The molecule has 0 bridgehead atoms. The van der Waals surface area contributed by atoms with Crippen molar-refractivity contribution in [3.8, 4) is 5.88 Å². The minimum atomic E-state index is -0.670. The highest BCUT2D eigenvalue weighted by Gasteiger charge is 2.17. The lowest BCUT2D eigenvalue weighted by Gasteiger charge is -2.28. The molecule has 0 unspecified atom stereocenters. The number of benzene rings is 1. The molecule has 1 aliphatic rings. The Morgan fingerprint density at radius 3 is 2.64 bits per heavy atom. The van der Waals surface area contributed by atoms with Gasteiger partial charge in [0.25, 0.3) is 0 Å². The molecule has 2 aromatic rings. The second-order valence-electron chi connectivity index (χ2n) is 5.23. The Morgan fingerprint density at radius 1 is 1.18 bits per heavy atom. The number of nitrogens with zero attached hydrogens (tertiary/aromatic N) is 3. The zero-order valence-corrected chi connectivity index (χ0v) is 12.1. The van der Waals surface area contributed by atoms with Crippen molar-refractivity contribution in [3.05, 3.63) is 51.9 Å². The molecule has 0 aliphatic carbocycles. The van der Waals surface area contributed by atoms with Crippen LogP contribution in [-0.2, 0) is 13.2 Å². The molecule has 5 nitrogen and oxygen atoms in total. The largest absolute Gasteiger partial charge is 0.473 e. The maximum atomic E-state index is 13.1. The molecule has 0 spiro atoms. The molecule has 0 saturated carbocycles. The Bertz CT molecular complexity index is 741. The van der Waals surface area contributed by atoms with E-state index in [1.54, 1.807) is 10.6 Å². The van der Waals surface area contributed by atoms with Gasteiger partial charge in [0, 0.05) is 32.3 Å². The van der Waals surface area contributed by atoms with Crippen LogP contribution in [0.2, 0.25) is 0 Å². The van der Waals surface area contributed by atoms with Gasteiger partial charge < -0.3 is 9.64 Å². The number of hydrogen-bond acceptors (Lipinski definition) is 4. The van der Waals surface area contributed by atoms with Gasteiger partial charge in [0.15, 0.2) is 0 Å². The fourth-order valence-corrected chi connectivity index (χ4v) is 2.51. The van der Waals surface area contributed by atoms with Crippen LogP contribution < -0.4 is 15.3 Å².